The lowest BCUT2D eigenvalue weighted by Crippen LogP contribution is -2.18. The Labute approximate surface area is 111 Å². The van der Waals surface area contributed by atoms with Crippen LogP contribution >= 0.6 is 22.9 Å². The molecule has 2 rings (SSSR count). The van der Waals surface area contributed by atoms with E-state index in [9.17, 15) is 0 Å². The number of halogens is 1. The molecule has 0 aliphatic heterocycles. The van der Waals surface area contributed by atoms with Gasteiger partial charge in [0.25, 0.3) is 0 Å². The number of thiophene rings is 1. The van der Waals surface area contributed by atoms with E-state index < -0.39 is 0 Å². The molecule has 4 heteroatoms. The zero-order chi connectivity index (χ0) is 12.3. The maximum Gasteiger partial charge on any atom is 0.0471 e. The van der Waals surface area contributed by atoms with Crippen LogP contribution in [0.5, 0.6) is 0 Å². The molecule has 0 radical (unpaired) electrons. The van der Waals surface area contributed by atoms with Crippen LogP contribution in [0.15, 0.2) is 35.0 Å². The molecule has 0 saturated carbocycles. The van der Waals surface area contributed by atoms with Gasteiger partial charge in [0.05, 0.1) is 0 Å². The van der Waals surface area contributed by atoms with Crippen molar-refractivity contribution in [3.8, 4) is 0 Å². The van der Waals surface area contributed by atoms with Gasteiger partial charge in [0.15, 0.2) is 0 Å². The van der Waals surface area contributed by atoms with Crippen LogP contribution in [0.2, 0.25) is 5.02 Å². The second-order valence-electron chi connectivity index (χ2n) is 4.11. The first-order valence-electron chi connectivity index (χ1n) is 5.39. The minimum Gasteiger partial charge on any atom is -0.398 e. The third kappa shape index (κ3) is 3.22. The predicted molar refractivity (Wildman–Crippen MR) is 75.4 cm³/mol. The highest BCUT2D eigenvalue weighted by Crippen LogP contribution is 2.23. The minimum absolute atomic E-state index is 0.738. The molecule has 0 aliphatic carbocycles. The summed E-state index contributed by atoms with van der Waals surface area (Å²) >= 11 is 7.87. The van der Waals surface area contributed by atoms with Gasteiger partial charge in [0.2, 0.25) is 0 Å². The van der Waals surface area contributed by atoms with Crippen LogP contribution in [-0.4, -0.2) is 11.9 Å². The lowest BCUT2D eigenvalue weighted by Gasteiger charge is -2.18. The van der Waals surface area contributed by atoms with Gasteiger partial charge in [-0.3, -0.25) is 4.90 Å². The number of hydrogen-bond acceptors (Lipinski definition) is 3. The van der Waals surface area contributed by atoms with Gasteiger partial charge in [0, 0.05) is 29.4 Å². The molecule has 0 atom stereocenters. The van der Waals surface area contributed by atoms with Gasteiger partial charge in [-0.05, 0) is 41.6 Å². The van der Waals surface area contributed by atoms with Gasteiger partial charge in [-0.25, -0.2) is 0 Å². The molecule has 1 aromatic heterocycles. The Bertz CT molecular complexity index is 462. The van der Waals surface area contributed by atoms with E-state index in [1.165, 1.54) is 5.56 Å². The van der Waals surface area contributed by atoms with Crippen molar-refractivity contribution in [1.82, 2.24) is 4.90 Å². The van der Waals surface area contributed by atoms with E-state index in [-0.39, 0.29) is 0 Å². The SMILES string of the molecule is CN(Cc1ccsc1)Cc1c(N)cccc1Cl. The third-order valence-corrected chi connectivity index (χ3v) is 3.70. The van der Waals surface area contributed by atoms with E-state index in [4.69, 9.17) is 17.3 Å². The average molecular weight is 267 g/mol. The Morgan fingerprint density at radius 1 is 1.29 bits per heavy atom. The number of nitrogens with zero attached hydrogens (tertiary/aromatic N) is 1. The van der Waals surface area contributed by atoms with Gasteiger partial charge in [-0.1, -0.05) is 17.7 Å². The van der Waals surface area contributed by atoms with Crippen LogP contribution in [0.1, 0.15) is 11.1 Å². The number of rotatable bonds is 4. The zero-order valence-electron chi connectivity index (χ0n) is 9.69. The molecule has 0 unspecified atom stereocenters. The van der Waals surface area contributed by atoms with Crippen molar-refractivity contribution in [2.45, 2.75) is 13.1 Å². The second-order valence-corrected chi connectivity index (χ2v) is 5.30. The molecule has 0 aliphatic rings. The van der Waals surface area contributed by atoms with E-state index in [0.717, 1.165) is 29.4 Å². The van der Waals surface area contributed by atoms with Crippen LogP contribution in [0.25, 0.3) is 0 Å². The quantitative estimate of drug-likeness (QED) is 0.857. The number of hydrogen-bond donors (Lipinski definition) is 1. The first kappa shape index (κ1) is 12.4. The van der Waals surface area contributed by atoms with Crippen LogP contribution in [0.4, 0.5) is 5.69 Å². The van der Waals surface area contributed by atoms with E-state index in [1.807, 2.05) is 18.2 Å². The van der Waals surface area contributed by atoms with Crippen LogP contribution < -0.4 is 5.73 Å². The van der Waals surface area contributed by atoms with E-state index in [2.05, 4.69) is 28.8 Å². The molecule has 0 spiro atoms. The minimum atomic E-state index is 0.738. The molecule has 1 heterocycles. The van der Waals surface area contributed by atoms with Gasteiger partial charge in [-0.15, -0.1) is 0 Å². The van der Waals surface area contributed by atoms with Crippen molar-refractivity contribution in [2.75, 3.05) is 12.8 Å². The smallest absolute Gasteiger partial charge is 0.0471 e. The molecule has 17 heavy (non-hydrogen) atoms. The van der Waals surface area contributed by atoms with Gasteiger partial charge in [-0.2, -0.15) is 11.3 Å². The van der Waals surface area contributed by atoms with Crippen LogP contribution in [0.3, 0.4) is 0 Å². The highest BCUT2D eigenvalue weighted by atomic mass is 35.5. The van der Waals surface area contributed by atoms with Gasteiger partial charge >= 0.3 is 0 Å². The summed E-state index contributed by atoms with van der Waals surface area (Å²) in [5.41, 5.74) is 9.02. The third-order valence-electron chi connectivity index (χ3n) is 2.62. The summed E-state index contributed by atoms with van der Waals surface area (Å²) in [5.74, 6) is 0. The molecule has 0 bridgehead atoms. The standard InChI is InChI=1S/C13H15ClN2S/c1-16(7-10-5-6-17-9-10)8-11-12(14)3-2-4-13(11)15/h2-6,9H,7-8,15H2,1H3. The summed E-state index contributed by atoms with van der Waals surface area (Å²) in [7, 11) is 2.07. The first-order valence-corrected chi connectivity index (χ1v) is 6.71. The molecule has 2 aromatic rings. The van der Waals surface area contributed by atoms with E-state index in [0.29, 0.717) is 0 Å². The summed E-state index contributed by atoms with van der Waals surface area (Å²) in [5, 5.41) is 4.99. The van der Waals surface area contributed by atoms with Crippen molar-refractivity contribution in [3.63, 3.8) is 0 Å². The van der Waals surface area contributed by atoms with Crippen molar-refractivity contribution in [3.05, 3.63) is 51.2 Å². The van der Waals surface area contributed by atoms with Crippen LogP contribution in [-0.2, 0) is 13.1 Å². The number of anilines is 1. The first-order chi connectivity index (χ1) is 8.16. The number of nitrogen functional groups attached to an aromatic ring is 1. The molecule has 0 saturated heterocycles. The van der Waals surface area contributed by atoms with E-state index in [1.54, 1.807) is 11.3 Å². The fourth-order valence-electron chi connectivity index (χ4n) is 1.76. The topological polar surface area (TPSA) is 29.3 Å². The molecule has 1 aromatic carbocycles. The Kier molecular flexibility index (Phi) is 4.05. The monoisotopic (exact) mass is 266 g/mol. The summed E-state index contributed by atoms with van der Waals surface area (Å²) < 4.78 is 0. The molecular weight excluding hydrogens is 252 g/mol. The lowest BCUT2D eigenvalue weighted by molar-refractivity contribution is 0.320. The fourth-order valence-corrected chi connectivity index (χ4v) is 2.66. The van der Waals surface area contributed by atoms with Gasteiger partial charge in [0.1, 0.15) is 0 Å². The zero-order valence-corrected chi connectivity index (χ0v) is 11.3. The van der Waals surface area contributed by atoms with Gasteiger partial charge < -0.3 is 5.73 Å². The molecule has 0 amide bonds. The maximum absolute atomic E-state index is 6.15. The Balaban J connectivity index is 2.05. The molecule has 2 nitrogen and oxygen atoms in total. The molecule has 2 N–H and O–H groups in total. The summed E-state index contributed by atoms with van der Waals surface area (Å²) in [6.07, 6.45) is 0. The fraction of sp³-hybridized carbons (Fsp3) is 0.231. The summed E-state index contributed by atoms with van der Waals surface area (Å²) in [6, 6.07) is 7.78. The Morgan fingerprint density at radius 2 is 2.12 bits per heavy atom. The highest BCUT2D eigenvalue weighted by Gasteiger charge is 2.08. The predicted octanol–water partition coefficient (Wildman–Crippen LogP) is 3.62. The normalized spacial score (nSPS) is 11.0. The molecule has 90 valence electrons. The van der Waals surface area contributed by atoms with Crippen molar-refractivity contribution >= 4 is 28.6 Å². The van der Waals surface area contributed by atoms with Crippen molar-refractivity contribution in [2.24, 2.45) is 0 Å². The number of benzene rings is 1. The Hall–Kier alpha value is -1.03. The largest absolute Gasteiger partial charge is 0.398 e. The number of nitrogens with two attached hydrogens (primary N) is 1. The molecule has 0 fully saturated rings. The maximum atomic E-state index is 6.15. The highest BCUT2D eigenvalue weighted by molar-refractivity contribution is 7.07. The van der Waals surface area contributed by atoms with Crippen LogP contribution in [0, 0.1) is 0 Å². The summed E-state index contributed by atoms with van der Waals surface area (Å²) in [6.45, 7) is 1.68. The summed E-state index contributed by atoms with van der Waals surface area (Å²) in [4.78, 5) is 2.21. The average Bonchev–Trinajstić information content (AvgIpc) is 2.76. The second kappa shape index (κ2) is 5.54. The van der Waals surface area contributed by atoms with Crippen molar-refractivity contribution in [1.29, 1.82) is 0 Å². The lowest BCUT2D eigenvalue weighted by atomic mass is 10.1. The van der Waals surface area contributed by atoms with Crippen molar-refractivity contribution < 1.29 is 0 Å². The molecular formula is C13H15ClN2S. The Morgan fingerprint density at radius 3 is 2.76 bits per heavy atom. The van der Waals surface area contributed by atoms with E-state index >= 15 is 0 Å².